The summed E-state index contributed by atoms with van der Waals surface area (Å²) in [7, 11) is -2.12. The zero-order chi connectivity index (χ0) is 20.3. The monoisotopic (exact) mass is 421 g/mol. The predicted octanol–water partition coefficient (Wildman–Crippen LogP) is 1.92. The molecule has 0 amide bonds. The van der Waals surface area contributed by atoms with Crippen molar-refractivity contribution in [3.05, 3.63) is 30.6 Å². The molecule has 10 heteroatoms. The molecule has 0 spiro atoms. The van der Waals surface area contributed by atoms with Gasteiger partial charge in [0.1, 0.15) is 19.3 Å². The van der Waals surface area contributed by atoms with E-state index < -0.39 is 10.0 Å². The van der Waals surface area contributed by atoms with Gasteiger partial charge >= 0.3 is 0 Å². The summed E-state index contributed by atoms with van der Waals surface area (Å²) in [4.78, 5) is 8.40. The largest absolute Gasteiger partial charge is 0.486 e. The summed E-state index contributed by atoms with van der Waals surface area (Å²) in [6.07, 6.45) is 5.79. The summed E-state index contributed by atoms with van der Waals surface area (Å²) in [5.74, 6) is 1.82. The molecule has 156 valence electrons. The van der Waals surface area contributed by atoms with Crippen molar-refractivity contribution in [3.8, 4) is 23.3 Å². The molecule has 1 aromatic carbocycles. The van der Waals surface area contributed by atoms with Crippen LogP contribution < -0.4 is 23.7 Å². The van der Waals surface area contributed by atoms with Crippen LogP contribution in [-0.2, 0) is 10.0 Å². The Morgan fingerprint density at radius 1 is 1.03 bits per heavy atom. The van der Waals surface area contributed by atoms with Crippen LogP contribution in [0.3, 0.4) is 0 Å². The smallest absolute Gasteiger partial charge is 0.240 e. The van der Waals surface area contributed by atoms with Gasteiger partial charge in [-0.1, -0.05) is 0 Å². The third-order valence-corrected chi connectivity index (χ3v) is 6.43. The number of hydrogen-bond acceptors (Lipinski definition) is 8. The van der Waals surface area contributed by atoms with Crippen molar-refractivity contribution in [3.63, 3.8) is 0 Å². The number of ether oxygens (including phenoxy) is 4. The van der Waals surface area contributed by atoms with Crippen molar-refractivity contribution in [1.82, 2.24) is 14.7 Å². The van der Waals surface area contributed by atoms with Crippen LogP contribution in [0, 0.1) is 0 Å². The van der Waals surface area contributed by atoms with Crippen LogP contribution in [0.15, 0.2) is 35.5 Å². The molecule has 29 heavy (non-hydrogen) atoms. The van der Waals surface area contributed by atoms with Crippen LogP contribution in [0.2, 0.25) is 0 Å². The molecule has 2 aliphatic rings. The van der Waals surface area contributed by atoms with Crippen molar-refractivity contribution in [2.75, 3.05) is 20.3 Å². The van der Waals surface area contributed by atoms with Gasteiger partial charge in [-0.3, -0.25) is 4.98 Å². The van der Waals surface area contributed by atoms with Crippen LogP contribution in [0.1, 0.15) is 25.7 Å². The van der Waals surface area contributed by atoms with Gasteiger partial charge in [0.2, 0.25) is 21.8 Å². The Bertz CT molecular complexity index is 960. The van der Waals surface area contributed by atoms with Gasteiger partial charge in [-0.05, 0) is 37.8 Å². The third-order valence-electron chi connectivity index (χ3n) is 4.91. The maximum atomic E-state index is 12.8. The molecule has 1 saturated carbocycles. The van der Waals surface area contributed by atoms with E-state index in [1.165, 1.54) is 25.4 Å². The zero-order valence-corrected chi connectivity index (χ0v) is 16.9. The summed E-state index contributed by atoms with van der Waals surface area (Å²) in [6.45, 7) is 0.871. The van der Waals surface area contributed by atoms with Crippen molar-refractivity contribution in [2.45, 2.75) is 42.7 Å². The fraction of sp³-hybridized carbons (Fsp3) is 0.474. The zero-order valence-electron chi connectivity index (χ0n) is 16.0. The van der Waals surface area contributed by atoms with Crippen LogP contribution >= 0.6 is 0 Å². The average molecular weight is 421 g/mol. The lowest BCUT2D eigenvalue weighted by Gasteiger charge is -2.29. The lowest BCUT2D eigenvalue weighted by Crippen LogP contribution is -2.39. The minimum atomic E-state index is -3.64. The highest BCUT2D eigenvalue weighted by Gasteiger charge is 2.28. The number of aromatic nitrogens is 2. The maximum Gasteiger partial charge on any atom is 0.240 e. The number of sulfonamides is 1. The van der Waals surface area contributed by atoms with Gasteiger partial charge in [-0.2, -0.15) is 4.98 Å². The van der Waals surface area contributed by atoms with E-state index in [0.717, 1.165) is 0 Å². The van der Waals surface area contributed by atoms with Gasteiger partial charge in [-0.25, -0.2) is 13.1 Å². The van der Waals surface area contributed by atoms with Crippen molar-refractivity contribution < 1.29 is 27.4 Å². The normalized spacial score (nSPS) is 21.4. The van der Waals surface area contributed by atoms with Gasteiger partial charge in [0.05, 0.1) is 24.4 Å². The summed E-state index contributed by atoms with van der Waals surface area (Å²) in [5, 5.41) is 0. The number of benzene rings is 1. The number of rotatable bonds is 6. The highest BCUT2D eigenvalue weighted by Crippen LogP contribution is 2.32. The number of fused-ring (bicyclic) bond motifs is 1. The van der Waals surface area contributed by atoms with E-state index in [2.05, 4.69) is 14.7 Å². The Kier molecular flexibility index (Phi) is 5.72. The van der Waals surface area contributed by atoms with Gasteiger partial charge in [0.15, 0.2) is 11.5 Å². The van der Waals surface area contributed by atoms with E-state index >= 15 is 0 Å². The molecule has 2 aromatic rings. The van der Waals surface area contributed by atoms with Gasteiger partial charge < -0.3 is 18.9 Å². The first-order valence-electron chi connectivity index (χ1n) is 9.48. The SMILES string of the molecule is COc1cncc(OC2CCC(NS(=O)(=O)c3ccc4c(c3)OCCO4)CC2)n1. The van der Waals surface area contributed by atoms with Crippen LogP contribution in [0.25, 0.3) is 0 Å². The molecule has 4 rings (SSSR count). The summed E-state index contributed by atoms with van der Waals surface area (Å²) >= 11 is 0. The van der Waals surface area contributed by atoms with Gasteiger partial charge in [0, 0.05) is 12.1 Å². The van der Waals surface area contributed by atoms with Crippen LogP contribution in [0.5, 0.6) is 23.3 Å². The third kappa shape index (κ3) is 4.70. The summed E-state index contributed by atoms with van der Waals surface area (Å²) < 4.78 is 50.1. The molecule has 1 aliphatic heterocycles. The number of hydrogen-bond donors (Lipinski definition) is 1. The first kappa shape index (κ1) is 19.7. The second-order valence-corrected chi connectivity index (χ2v) is 8.63. The molecule has 9 nitrogen and oxygen atoms in total. The number of methoxy groups -OCH3 is 1. The second-order valence-electron chi connectivity index (χ2n) is 6.92. The Labute approximate surface area is 169 Å². The van der Waals surface area contributed by atoms with E-state index in [1.807, 2.05) is 0 Å². The van der Waals surface area contributed by atoms with Gasteiger partial charge in [0.25, 0.3) is 0 Å². The second kappa shape index (κ2) is 8.42. The summed E-state index contributed by atoms with van der Waals surface area (Å²) in [5.41, 5.74) is 0. The molecule has 1 aromatic heterocycles. The average Bonchev–Trinajstić information content (AvgIpc) is 2.75. The standard InChI is InChI=1S/C19H23N3O6S/c1-25-18-11-20-12-19(21-18)28-14-4-2-13(3-5-14)22-29(23,24)15-6-7-16-17(10-15)27-9-8-26-16/h6-7,10-14,22H,2-5,8-9H2,1H3. The first-order chi connectivity index (χ1) is 14.0. The van der Waals surface area contributed by atoms with Crippen LogP contribution in [0.4, 0.5) is 0 Å². The molecule has 0 radical (unpaired) electrons. The lowest BCUT2D eigenvalue weighted by atomic mass is 9.94. The Balaban J connectivity index is 1.34. The van der Waals surface area contributed by atoms with E-state index in [4.69, 9.17) is 18.9 Å². The number of nitrogens with zero attached hydrogens (tertiary/aromatic N) is 2. The fourth-order valence-electron chi connectivity index (χ4n) is 3.43. The molecule has 0 unspecified atom stereocenters. The van der Waals surface area contributed by atoms with E-state index in [-0.39, 0.29) is 17.0 Å². The molecule has 1 N–H and O–H groups in total. The van der Waals surface area contributed by atoms with E-state index in [0.29, 0.717) is 62.2 Å². The Hall–Kier alpha value is -2.59. The van der Waals surface area contributed by atoms with Crippen LogP contribution in [-0.4, -0.2) is 50.9 Å². The predicted molar refractivity (Wildman–Crippen MR) is 103 cm³/mol. The Morgan fingerprint density at radius 2 is 1.76 bits per heavy atom. The molecule has 1 fully saturated rings. The summed E-state index contributed by atoms with van der Waals surface area (Å²) in [6, 6.07) is 4.52. The minimum Gasteiger partial charge on any atom is -0.486 e. The molecule has 0 atom stereocenters. The molecular formula is C19H23N3O6S. The number of nitrogens with one attached hydrogen (secondary N) is 1. The highest BCUT2D eigenvalue weighted by molar-refractivity contribution is 7.89. The topological polar surface area (TPSA) is 109 Å². The first-order valence-corrected chi connectivity index (χ1v) is 11.0. The molecule has 0 saturated heterocycles. The van der Waals surface area contributed by atoms with Gasteiger partial charge in [-0.15, -0.1) is 0 Å². The lowest BCUT2D eigenvalue weighted by molar-refractivity contribution is 0.136. The fourth-order valence-corrected chi connectivity index (χ4v) is 4.75. The van der Waals surface area contributed by atoms with Crippen molar-refractivity contribution >= 4 is 10.0 Å². The van der Waals surface area contributed by atoms with Crippen molar-refractivity contribution in [1.29, 1.82) is 0 Å². The van der Waals surface area contributed by atoms with E-state index in [9.17, 15) is 8.42 Å². The van der Waals surface area contributed by atoms with Crippen molar-refractivity contribution in [2.24, 2.45) is 0 Å². The van der Waals surface area contributed by atoms with E-state index in [1.54, 1.807) is 12.3 Å². The highest BCUT2D eigenvalue weighted by atomic mass is 32.2. The molecular weight excluding hydrogens is 398 g/mol. The Morgan fingerprint density at radius 3 is 2.52 bits per heavy atom. The quantitative estimate of drug-likeness (QED) is 0.754. The molecule has 2 heterocycles. The minimum absolute atomic E-state index is 0.0357. The molecule has 1 aliphatic carbocycles. The molecule has 0 bridgehead atoms. The maximum absolute atomic E-state index is 12.8.